The Bertz CT molecular complexity index is 584. The topological polar surface area (TPSA) is 42.2 Å². The van der Waals surface area contributed by atoms with E-state index >= 15 is 0 Å². The summed E-state index contributed by atoms with van der Waals surface area (Å²) in [7, 11) is 0. The van der Waals surface area contributed by atoms with Crippen LogP contribution in [0, 0.1) is 20.8 Å². The molecular formula is C13H18N4S. The maximum atomic E-state index is 4.59. The lowest BCUT2D eigenvalue weighted by molar-refractivity contribution is 0.787. The lowest BCUT2D eigenvalue weighted by Crippen LogP contribution is -2.20. The first-order chi connectivity index (χ1) is 8.65. The number of hydrogen-bond donors (Lipinski definition) is 1. The van der Waals surface area contributed by atoms with Gasteiger partial charge in [0.05, 0.1) is 5.69 Å². The molecule has 0 unspecified atom stereocenters. The Hall–Kier alpha value is -1.23. The molecule has 0 saturated carbocycles. The van der Waals surface area contributed by atoms with E-state index in [9.17, 15) is 0 Å². The molecule has 0 spiro atoms. The molecule has 3 rings (SSSR count). The molecule has 2 aromatic rings. The second-order valence-corrected chi connectivity index (χ2v) is 6.08. The van der Waals surface area contributed by atoms with Crippen molar-refractivity contribution in [3.05, 3.63) is 23.0 Å². The first-order valence-electron chi connectivity index (χ1n) is 6.33. The van der Waals surface area contributed by atoms with Crippen molar-refractivity contribution in [1.82, 2.24) is 14.6 Å². The van der Waals surface area contributed by atoms with Gasteiger partial charge in [0, 0.05) is 29.1 Å². The summed E-state index contributed by atoms with van der Waals surface area (Å²) in [6.07, 6.45) is 1.23. The number of fused-ring (bicyclic) bond motifs is 1. The molecule has 0 aromatic carbocycles. The smallest absolute Gasteiger partial charge is 0.160 e. The number of rotatable bonds is 2. The van der Waals surface area contributed by atoms with Crippen LogP contribution in [0.2, 0.25) is 0 Å². The quantitative estimate of drug-likeness (QED) is 0.903. The van der Waals surface area contributed by atoms with E-state index in [2.05, 4.69) is 28.4 Å². The van der Waals surface area contributed by atoms with Crippen LogP contribution in [0.1, 0.15) is 23.4 Å². The molecule has 1 N–H and O–H groups in total. The van der Waals surface area contributed by atoms with E-state index in [1.165, 1.54) is 23.5 Å². The number of nitrogens with one attached hydrogen (secondary N) is 1. The lowest BCUT2D eigenvalue weighted by atomic mass is 10.2. The molecule has 2 aromatic heterocycles. The van der Waals surface area contributed by atoms with Crippen LogP contribution in [0.3, 0.4) is 0 Å². The molecular weight excluding hydrogens is 244 g/mol. The highest BCUT2D eigenvalue weighted by Gasteiger charge is 2.18. The molecule has 18 heavy (non-hydrogen) atoms. The fourth-order valence-corrected chi connectivity index (χ4v) is 3.46. The summed E-state index contributed by atoms with van der Waals surface area (Å²) in [5.41, 5.74) is 4.23. The number of nitrogens with zero attached hydrogens (tertiary/aromatic N) is 3. The van der Waals surface area contributed by atoms with Gasteiger partial charge in [0.1, 0.15) is 5.82 Å². The van der Waals surface area contributed by atoms with Gasteiger partial charge in [-0.1, -0.05) is 0 Å². The minimum absolute atomic E-state index is 0.560. The first kappa shape index (κ1) is 11.8. The molecule has 96 valence electrons. The number of anilines is 1. The number of aromatic nitrogens is 3. The van der Waals surface area contributed by atoms with Gasteiger partial charge >= 0.3 is 0 Å². The van der Waals surface area contributed by atoms with Crippen LogP contribution < -0.4 is 5.32 Å². The lowest BCUT2D eigenvalue weighted by Gasteiger charge is -2.14. The van der Waals surface area contributed by atoms with Gasteiger partial charge in [0.15, 0.2) is 5.65 Å². The molecule has 1 atom stereocenters. The second-order valence-electron chi connectivity index (χ2n) is 4.93. The van der Waals surface area contributed by atoms with E-state index in [-0.39, 0.29) is 0 Å². The summed E-state index contributed by atoms with van der Waals surface area (Å²) in [4.78, 5) is 4.59. The van der Waals surface area contributed by atoms with E-state index in [0.29, 0.717) is 6.04 Å². The fourth-order valence-electron chi connectivity index (χ4n) is 2.31. The van der Waals surface area contributed by atoms with Gasteiger partial charge in [-0.05, 0) is 32.9 Å². The molecule has 1 aliphatic heterocycles. The SMILES string of the molecule is Cc1cc(N[C@@H]2CCSC2)n2nc(C)c(C)c2n1. The summed E-state index contributed by atoms with van der Waals surface area (Å²) >= 11 is 2.01. The maximum absolute atomic E-state index is 4.59. The average Bonchev–Trinajstić information content (AvgIpc) is 2.92. The van der Waals surface area contributed by atoms with Gasteiger partial charge in [-0.15, -0.1) is 0 Å². The molecule has 0 radical (unpaired) electrons. The van der Waals surface area contributed by atoms with Crippen LogP contribution >= 0.6 is 11.8 Å². The third-order valence-corrected chi connectivity index (χ3v) is 4.63. The molecule has 0 bridgehead atoms. The van der Waals surface area contributed by atoms with Crippen molar-refractivity contribution in [3.8, 4) is 0 Å². The van der Waals surface area contributed by atoms with Crippen molar-refractivity contribution in [2.75, 3.05) is 16.8 Å². The molecule has 4 nitrogen and oxygen atoms in total. The van der Waals surface area contributed by atoms with Crippen molar-refractivity contribution in [2.45, 2.75) is 33.2 Å². The Morgan fingerprint density at radius 3 is 2.94 bits per heavy atom. The van der Waals surface area contributed by atoms with Gasteiger partial charge in [-0.3, -0.25) is 0 Å². The Morgan fingerprint density at radius 2 is 2.22 bits per heavy atom. The van der Waals surface area contributed by atoms with Crippen LogP contribution in [0.25, 0.3) is 5.65 Å². The Balaban J connectivity index is 2.06. The zero-order valence-electron chi connectivity index (χ0n) is 11.0. The highest BCUT2D eigenvalue weighted by Crippen LogP contribution is 2.23. The van der Waals surface area contributed by atoms with Crippen LogP contribution in [-0.4, -0.2) is 32.1 Å². The zero-order valence-corrected chi connectivity index (χ0v) is 11.8. The summed E-state index contributed by atoms with van der Waals surface area (Å²) in [6.45, 7) is 6.16. The molecule has 5 heteroatoms. The molecule has 3 heterocycles. The normalized spacial score (nSPS) is 19.6. The van der Waals surface area contributed by atoms with Gasteiger partial charge in [0.25, 0.3) is 0 Å². The van der Waals surface area contributed by atoms with E-state index in [1.54, 1.807) is 0 Å². The predicted octanol–water partition coefficient (Wildman–Crippen LogP) is 2.57. The van der Waals surface area contributed by atoms with E-state index in [0.717, 1.165) is 22.9 Å². The standard InChI is InChI=1S/C13H18N4S/c1-8-6-12(15-11-4-5-18-7-11)17-13(14-8)9(2)10(3)16-17/h6,11,15H,4-5,7H2,1-3H3/t11-/m1/s1. The van der Waals surface area contributed by atoms with Crippen LogP contribution in [0.15, 0.2) is 6.07 Å². The van der Waals surface area contributed by atoms with Crippen molar-refractivity contribution in [3.63, 3.8) is 0 Å². The summed E-state index contributed by atoms with van der Waals surface area (Å²) in [5.74, 6) is 3.51. The Labute approximate surface area is 111 Å². The van der Waals surface area contributed by atoms with Crippen molar-refractivity contribution in [2.24, 2.45) is 0 Å². The molecule has 0 amide bonds. The van der Waals surface area contributed by atoms with E-state index < -0.39 is 0 Å². The summed E-state index contributed by atoms with van der Waals surface area (Å²) < 4.78 is 1.95. The molecule has 1 fully saturated rings. The highest BCUT2D eigenvalue weighted by molar-refractivity contribution is 7.99. The van der Waals surface area contributed by atoms with E-state index in [1.807, 2.05) is 30.1 Å². The largest absolute Gasteiger partial charge is 0.366 e. The van der Waals surface area contributed by atoms with E-state index in [4.69, 9.17) is 0 Å². The van der Waals surface area contributed by atoms with Crippen LogP contribution in [-0.2, 0) is 0 Å². The Kier molecular flexibility index (Phi) is 2.93. The summed E-state index contributed by atoms with van der Waals surface area (Å²) in [5, 5.41) is 8.19. The first-order valence-corrected chi connectivity index (χ1v) is 7.48. The molecule has 0 aliphatic carbocycles. The zero-order chi connectivity index (χ0) is 12.7. The molecule has 1 aliphatic rings. The average molecular weight is 262 g/mol. The number of thioether (sulfide) groups is 1. The fraction of sp³-hybridized carbons (Fsp3) is 0.538. The number of hydrogen-bond acceptors (Lipinski definition) is 4. The monoisotopic (exact) mass is 262 g/mol. The molecule has 1 saturated heterocycles. The van der Waals surface area contributed by atoms with Crippen LogP contribution in [0.5, 0.6) is 0 Å². The van der Waals surface area contributed by atoms with Gasteiger partial charge in [0.2, 0.25) is 0 Å². The third-order valence-electron chi connectivity index (χ3n) is 3.47. The van der Waals surface area contributed by atoms with Gasteiger partial charge in [-0.25, -0.2) is 4.98 Å². The number of aryl methyl sites for hydroxylation is 3. The highest BCUT2D eigenvalue weighted by atomic mass is 32.2. The predicted molar refractivity (Wildman–Crippen MR) is 76.6 cm³/mol. The van der Waals surface area contributed by atoms with Gasteiger partial charge < -0.3 is 5.32 Å². The second kappa shape index (κ2) is 4.46. The van der Waals surface area contributed by atoms with Gasteiger partial charge in [-0.2, -0.15) is 21.4 Å². The van der Waals surface area contributed by atoms with Crippen molar-refractivity contribution in [1.29, 1.82) is 0 Å². The van der Waals surface area contributed by atoms with Crippen molar-refractivity contribution < 1.29 is 0 Å². The van der Waals surface area contributed by atoms with Crippen LogP contribution in [0.4, 0.5) is 5.82 Å². The van der Waals surface area contributed by atoms with Crippen molar-refractivity contribution >= 4 is 23.2 Å². The maximum Gasteiger partial charge on any atom is 0.160 e. The summed E-state index contributed by atoms with van der Waals surface area (Å²) in [6, 6.07) is 2.65. The Morgan fingerprint density at radius 1 is 1.39 bits per heavy atom. The minimum Gasteiger partial charge on any atom is -0.366 e. The third kappa shape index (κ3) is 1.96. The minimum atomic E-state index is 0.560.